The highest BCUT2D eigenvalue weighted by Crippen LogP contribution is 2.28. The van der Waals surface area contributed by atoms with Gasteiger partial charge < -0.3 is 5.11 Å². The monoisotopic (exact) mass is 229 g/mol. The van der Waals surface area contributed by atoms with E-state index in [1.54, 1.807) is 0 Å². The summed E-state index contributed by atoms with van der Waals surface area (Å²) in [7, 11) is 0. The minimum absolute atomic E-state index is 0.0562. The van der Waals surface area contributed by atoms with Crippen LogP contribution in [0.1, 0.15) is 39.0 Å². The molecule has 0 aromatic rings. The SMILES string of the molecule is CCC1CN([C@H]2CCCC[C@@H]2O)CCS1. The van der Waals surface area contributed by atoms with Crippen molar-refractivity contribution in [2.75, 3.05) is 18.8 Å². The Kier molecular flexibility index (Phi) is 4.35. The summed E-state index contributed by atoms with van der Waals surface area (Å²) < 4.78 is 0. The lowest BCUT2D eigenvalue weighted by Gasteiger charge is -2.41. The second kappa shape index (κ2) is 5.55. The maximum absolute atomic E-state index is 10.0. The van der Waals surface area contributed by atoms with Crippen molar-refractivity contribution >= 4 is 11.8 Å². The van der Waals surface area contributed by atoms with Gasteiger partial charge >= 0.3 is 0 Å². The van der Waals surface area contributed by atoms with Crippen molar-refractivity contribution in [1.29, 1.82) is 0 Å². The largest absolute Gasteiger partial charge is 0.391 e. The molecular formula is C12H23NOS. The Morgan fingerprint density at radius 3 is 2.87 bits per heavy atom. The first-order valence-corrected chi connectivity index (χ1v) is 7.40. The second-order valence-corrected chi connectivity index (χ2v) is 6.22. The molecule has 0 radical (unpaired) electrons. The summed E-state index contributed by atoms with van der Waals surface area (Å²) >= 11 is 2.11. The topological polar surface area (TPSA) is 23.5 Å². The van der Waals surface area contributed by atoms with Gasteiger partial charge in [-0.3, -0.25) is 4.90 Å². The standard InChI is InChI=1S/C12H23NOS/c1-2-10-9-13(7-8-15-10)11-5-3-4-6-12(11)14/h10-12,14H,2-9H2,1H3/t10?,11-,12-/m0/s1. The molecule has 1 aliphatic carbocycles. The van der Waals surface area contributed by atoms with Gasteiger partial charge in [-0.25, -0.2) is 0 Å². The zero-order valence-corrected chi connectivity index (χ0v) is 10.5. The average molecular weight is 229 g/mol. The third kappa shape index (κ3) is 2.89. The van der Waals surface area contributed by atoms with Gasteiger partial charge in [0.2, 0.25) is 0 Å². The molecule has 2 aliphatic rings. The quantitative estimate of drug-likeness (QED) is 0.784. The molecule has 2 fully saturated rings. The number of hydrogen-bond acceptors (Lipinski definition) is 3. The summed E-state index contributed by atoms with van der Waals surface area (Å²) in [5.41, 5.74) is 0. The van der Waals surface area contributed by atoms with Crippen LogP contribution in [0, 0.1) is 0 Å². The van der Waals surface area contributed by atoms with Gasteiger partial charge in [-0.05, 0) is 19.3 Å². The fourth-order valence-electron chi connectivity index (χ4n) is 2.81. The molecule has 1 aliphatic heterocycles. The van der Waals surface area contributed by atoms with Crippen molar-refractivity contribution in [3.05, 3.63) is 0 Å². The van der Waals surface area contributed by atoms with E-state index in [1.807, 2.05) is 0 Å². The summed E-state index contributed by atoms with van der Waals surface area (Å²) in [5.74, 6) is 1.25. The van der Waals surface area contributed by atoms with Crippen molar-refractivity contribution in [1.82, 2.24) is 4.90 Å². The molecule has 3 heteroatoms. The Morgan fingerprint density at radius 2 is 2.13 bits per heavy atom. The lowest BCUT2D eigenvalue weighted by atomic mass is 9.91. The van der Waals surface area contributed by atoms with Gasteiger partial charge in [0, 0.05) is 30.1 Å². The highest BCUT2D eigenvalue weighted by molar-refractivity contribution is 8.00. The fourth-order valence-corrected chi connectivity index (χ4v) is 4.01. The molecule has 1 heterocycles. The Hall–Kier alpha value is 0.270. The van der Waals surface area contributed by atoms with Gasteiger partial charge in [0.1, 0.15) is 0 Å². The van der Waals surface area contributed by atoms with Gasteiger partial charge in [0.05, 0.1) is 6.10 Å². The summed E-state index contributed by atoms with van der Waals surface area (Å²) in [6.07, 6.45) is 5.97. The molecule has 2 rings (SSSR count). The molecular weight excluding hydrogens is 206 g/mol. The lowest BCUT2D eigenvalue weighted by Crippen LogP contribution is -2.50. The van der Waals surface area contributed by atoms with Crippen LogP contribution in [0.5, 0.6) is 0 Å². The molecule has 3 atom stereocenters. The molecule has 15 heavy (non-hydrogen) atoms. The van der Waals surface area contributed by atoms with E-state index in [9.17, 15) is 5.11 Å². The summed E-state index contributed by atoms with van der Waals surface area (Å²) in [4.78, 5) is 2.55. The van der Waals surface area contributed by atoms with Crippen LogP contribution in [0.3, 0.4) is 0 Å². The van der Waals surface area contributed by atoms with E-state index in [0.717, 1.165) is 11.7 Å². The molecule has 88 valence electrons. The van der Waals surface area contributed by atoms with E-state index in [0.29, 0.717) is 6.04 Å². The summed E-state index contributed by atoms with van der Waals surface area (Å²) in [6, 6.07) is 0.466. The van der Waals surface area contributed by atoms with Crippen molar-refractivity contribution in [3.8, 4) is 0 Å². The zero-order valence-electron chi connectivity index (χ0n) is 9.69. The number of hydrogen-bond donors (Lipinski definition) is 1. The van der Waals surface area contributed by atoms with Crippen LogP contribution in [-0.2, 0) is 0 Å². The minimum atomic E-state index is -0.0562. The van der Waals surface area contributed by atoms with Gasteiger partial charge in [0.25, 0.3) is 0 Å². The molecule has 0 aromatic heterocycles. The number of aliphatic hydroxyl groups is 1. The number of aliphatic hydroxyl groups excluding tert-OH is 1. The van der Waals surface area contributed by atoms with E-state index in [2.05, 4.69) is 23.6 Å². The molecule has 1 unspecified atom stereocenters. The molecule has 1 saturated heterocycles. The van der Waals surface area contributed by atoms with E-state index in [-0.39, 0.29) is 6.10 Å². The highest BCUT2D eigenvalue weighted by Gasteiger charge is 2.31. The van der Waals surface area contributed by atoms with Crippen LogP contribution in [0.15, 0.2) is 0 Å². The van der Waals surface area contributed by atoms with Crippen molar-refractivity contribution in [3.63, 3.8) is 0 Å². The average Bonchev–Trinajstić information content (AvgIpc) is 2.30. The van der Waals surface area contributed by atoms with Crippen LogP contribution in [0.2, 0.25) is 0 Å². The Bertz CT molecular complexity index is 200. The van der Waals surface area contributed by atoms with Crippen LogP contribution in [0.4, 0.5) is 0 Å². The predicted molar refractivity (Wildman–Crippen MR) is 66.4 cm³/mol. The van der Waals surface area contributed by atoms with Crippen molar-refractivity contribution < 1.29 is 5.11 Å². The predicted octanol–water partition coefficient (Wildman–Crippen LogP) is 2.12. The van der Waals surface area contributed by atoms with Gasteiger partial charge in [-0.1, -0.05) is 19.8 Å². The molecule has 0 amide bonds. The maximum atomic E-state index is 10.0. The fraction of sp³-hybridized carbons (Fsp3) is 1.00. The zero-order chi connectivity index (χ0) is 10.7. The van der Waals surface area contributed by atoms with Gasteiger partial charge in [0.15, 0.2) is 0 Å². The third-order valence-electron chi connectivity index (χ3n) is 3.79. The van der Waals surface area contributed by atoms with E-state index < -0.39 is 0 Å². The smallest absolute Gasteiger partial charge is 0.0695 e. The molecule has 1 N–H and O–H groups in total. The highest BCUT2D eigenvalue weighted by atomic mass is 32.2. The van der Waals surface area contributed by atoms with Crippen LogP contribution < -0.4 is 0 Å². The Morgan fingerprint density at radius 1 is 1.33 bits per heavy atom. The Labute approximate surface area is 97.4 Å². The van der Waals surface area contributed by atoms with E-state index >= 15 is 0 Å². The molecule has 1 saturated carbocycles. The first-order valence-electron chi connectivity index (χ1n) is 6.35. The van der Waals surface area contributed by atoms with Crippen molar-refractivity contribution in [2.24, 2.45) is 0 Å². The van der Waals surface area contributed by atoms with E-state index in [4.69, 9.17) is 0 Å². The first kappa shape index (κ1) is 11.7. The van der Waals surface area contributed by atoms with Gasteiger partial charge in [-0.15, -0.1) is 0 Å². The summed E-state index contributed by atoms with van der Waals surface area (Å²) in [5, 5.41) is 10.8. The first-order chi connectivity index (χ1) is 7.31. The lowest BCUT2D eigenvalue weighted by molar-refractivity contribution is 0.0212. The minimum Gasteiger partial charge on any atom is -0.391 e. The van der Waals surface area contributed by atoms with Crippen LogP contribution in [0.25, 0.3) is 0 Å². The van der Waals surface area contributed by atoms with Crippen LogP contribution in [-0.4, -0.2) is 46.2 Å². The molecule has 0 aromatic carbocycles. The number of rotatable bonds is 2. The molecule has 2 nitrogen and oxygen atoms in total. The second-order valence-electron chi connectivity index (χ2n) is 4.82. The Balaban J connectivity index is 1.90. The van der Waals surface area contributed by atoms with Crippen molar-refractivity contribution in [2.45, 2.75) is 56.4 Å². The molecule has 0 bridgehead atoms. The van der Waals surface area contributed by atoms with E-state index in [1.165, 1.54) is 44.5 Å². The maximum Gasteiger partial charge on any atom is 0.0695 e. The number of nitrogens with zero attached hydrogens (tertiary/aromatic N) is 1. The third-order valence-corrected chi connectivity index (χ3v) is 5.16. The van der Waals surface area contributed by atoms with Crippen LogP contribution >= 0.6 is 11.8 Å². The number of thioether (sulfide) groups is 1. The van der Waals surface area contributed by atoms with Gasteiger partial charge in [-0.2, -0.15) is 11.8 Å². The summed E-state index contributed by atoms with van der Waals surface area (Å²) in [6.45, 7) is 4.66. The normalized spacial score (nSPS) is 39.2. The molecule has 0 spiro atoms.